The Bertz CT molecular complexity index is 854. The van der Waals surface area contributed by atoms with Crippen LogP contribution in [-0.4, -0.2) is 40.8 Å². The van der Waals surface area contributed by atoms with Gasteiger partial charge in [0, 0.05) is 12.4 Å². The number of fused-ring (bicyclic) bond motifs is 1. The van der Waals surface area contributed by atoms with Crippen LogP contribution >= 0.6 is 11.6 Å². The zero-order valence-corrected chi connectivity index (χ0v) is 13.9. The molecule has 0 atom stereocenters. The van der Waals surface area contributed by atoms with E-state index in [-0.39, 0.29) is 6.01 Å². The van der Waals surface area contributed by atoms with Crippen LogP contribution in [0.4, 0.5) is 0 Å². The minimum atomic E-state index is 0.172. The lowest BCUT2D eigenvalue weighted by Crippen LogP contribution is -2.03. The molecule has 3 rings (SSSR count). The van der Waals surface area contributed by atoms with E-state index in [4.69, 9.17) is 25.8 Å². The Hall–Kier alpha value is -2.54. The second-order valence-electron chi connectivity index (χ2n) is 4.76. The van der Waals surface area contributed by atoms with E-state index in [1.54, 1.807) is 12.3 Å². The molecule has 7 nitrogen and oxygen atoms in total. The molecular weight excluding hydrogens is 320 g/mol. The lowest BCUT2D eigenvalue weighted by Gasteiger charge is -2.13. The summed E-state index contributed by atoms with van der Waals surface area (Å²) < 4.78 is 17.8. The normalized spacial score (nSPS) is 10.8. The molecule has 3 aromatic heterocycles. The van der Waals surface area contributed by atoms with Crippen LogP contribution in [0.1, 0.15) is 0 Å². The maximum atomic E-state index is 5.97. The molecule has 0 unspecified atom stereocenters. The number of methoxy groups -OCH3 is 3. The van der Waals surface area contributed by atoms with Crippen molar-refractivity contribution < 1.29 is 14.2 Å². The van der Waals surface area contributed by atoms with Gasteiger partial charge in [0.05, 0.1) is 38.7 Å². The van der Waals surface area contributed by atoms with Crippen molar-refractivity contribution in [1.82, 2.24) is 19.5 Å². The van der Waals surface area contributed by atoms with Crippen LogP contribution in [0.2, 0.25) is 5.15 Å². The summed E-state index contributed by atoms with van der Waals surface area (Å²) in [7, 11) is 6.46. The Morgan fingerprint density at radius 2 is 1.65 bits per heavy atom. The van der Waals surface area contributed by atoms with Crippen molar-refractivity contribution >= 4 is 22.5 Å². The quantitative estimate of drug-likeness (QED) is 0.683. The molecule has 0 aromatic carbocycles. The van der Waals surface area contributed by atoms with E-state index in [0.29, 0.717) is 22.5 Å². The molecule has 23 heavy (non-hydrogen) atoms. The average Bonchev–Trinajstić information content (AvgIpc) is 2.89. The standard InChI is InChI=1S/C15H15ClN4O3/c1-20-9(5-8-6-11(16)17-7-10(8)20)12-13(21-2)18-15(23-4)19-14(12)22-3/h5-7H,1-4H3. The number of halogens is 1. The first-order valence-corrected chi connectivity index (χ1v) is 7.12. The fourth-order valence-corrected chi connectivity index (χ4v) is 2.62. The molecule has 3 heterocycles. The second-order valence-corrected chi connectivity index (χ2v) is 5.15. The highest BCUT2D eigenvalue weighted by atomic mass is 35.5. The van der Waals surface area contributed by atoms with Crippen molar-refractivity contribution in [3.05, 3.63) is 23.5 Å². The topological polar surface area (TPSA) is 71.3 Å². The zero-order chi connectivity index (χ0) is 16.6. The fraction of sp³-hybridized carbons (Fsp3) is 0.267. The van der Waals surface area contributed by atoms with Gasteiger partial charge < -0.3 is 18.8 Å². The number of hydrogen-bond donors (Lipinski definition) is 0. The second kappa shape index (κ2) is 5.92. The van der Waals surface area contributed by atoms with E-state index in [1.807, 2.05) is 17.7 Å². The first kappa shape index (κ1) is 15.4. The summed E-state index contributed by atoms with van der Waals surface area (Å²) in [6.07, 6.45) is 1.71. The van der Waals surface area contributed by atoms with E-state index in [0.717, 1.165) is 16.6 Å². The predicted molar refractivity (Wildman–Crippen MR) is 86.4 cm³/mol. The van der Waals surface area contributed by atoms with E-state index in [2.05, 4.69) is 15.0 Å². The van der Waals surface area contributed by atoms with Crippen molar-refractivity contribution in [1.29, 1.82) is 0 Å². The van der Waals surface area contributed by atoms with Crippen molar-refractivity contribution in [2.75, 3.05) is 21.3 Å². The molecule has 3 aromatic rings. The Labute approximate surface area is 137 Å². The third-order valence-corrected chi connectivity index (χ3v) is 3.75. The van der Waals surface area contributed by atoms with Crippen LogP contribution in [0.25, 0.3) is 22.2 Å². The number of pyridine rings is 1. The number of ether oxygens (including phenoxy) is 3. The van der Waals surface area contributed by atoms with Gasteiger partial charge in [0.2, 0.25) is 11.8 Å². The summed E-state index contributed by atoms with van der Waals surface area (Å²) in [5.41, 5.74) is 2.37. The van der Waals surface area contributed by atoms with Crippen LogP contribution < -0.4 is 14.2 Å². The number of aromatic nitrogens is 4. The molecule has 0 aliphatic heterocycles. The highest BCUT2D eigenvalue weighted by Crippen LogP contribution is 2.39. The first-order chi connectivity index (χ1) is 11.1. The van der Waals surface area contributed by atoms with Crippen LogP contribution in [0.5, 0.6) is 17.8 Å². The van der Waals surface area contributed by atoms with Crippen molar-refractivity contribution in [3.8, 4) is 29.0 Å². The molecule has 0 saturated heterocycles. The third-order valence-electron chi connectivity index (χ3n) is 3.54. The molecule has 0 fully saturated rings. The van der Waals surface area contributed by atoms with Gasteiger partial charge in [-0.2, -0.15) is 9.97 Å². The van der Waals surface area contributed by atoms with Gasteiger partial charge in [-0.3, -0.25) is 0 Å². The molecule has 0 aliphatic carbocycles. The third kappa shape index (κ3) is 2.53. The van der Waals surface area contributed by atoms with Crippen molar-refractivity contribution in [3.63, 3.8) is 0 Å². The summed E-state index contributed by atoms with van der Waals surface area (Å²) in [4.78, 5) is 12.6. The van der Waals surface area contributed by atoms with Crippen LogP contribution in [0.3, 0.4) is 0 Å². The Balaban J connectivity index is 2.31. The molecule has 120 valence electrons. The van der Waals surface area contributed by atoms with Gasteiger partial charge in [-0.1, -0.05) is 11.6 Å². The number of aryl methyl sites for hydroxylation is 1. The molecule has 0 saturated carbocycles. The lowest BCUT2D eigenvalue weighted by atomic mass is 10.2. The summed E-state index contributed by atoms with van der Waals surface area (Å²) in [6, 6.07) is 3.92. The number of hydrogen-bond acceptors (Lipinski definition) is 6. The van der Waals surface area contributed by atoms with E-state index < -0.39 is 0 Å². The van der Waals surface area contributed by atoms with Gasteiger partial charge >= 0.3 is 6.01 Å². The molecule has 8 heteroatoms. The SMILES string of the molecule is COc1nc(OC)c(-c2cc3cc(Cl)ncc3n2C)c(OC)n1. The molecule has 0 bridgehead atoms. The number of rotatable bonds is 4. The molecule has 0 spiro atoms. The summed E-state index contributed by atoms with van der Waals surface area (Å²) in [5, 5.41) is 1.38. The number of nitrogens with zero attached hydrogens (tertiary/aromatic N) is 4. The Kier molecular flexibility index (Phi) is 3.96. The van der Waals surface area contributed by atoms with Crippen LogP contribution in [0, 0.1) is 0 Å². The summed E-state index contributed by atoms with van der Waals surface area (Å²) >= 11 is 5.97. The average molecular weight is 335 g/mol. The van der Waals surface area contributed by atoms with E-state index in [1.165, 1.54) is 21.3 Å². The molecule has 0 aliphatic rings. The van der Waals surface area contributed by atoms with Gasteiger partial charge in [-0.25, -0.2) is 4.98 Å². The minimum Gasteiger partial charge on any atom is -0.480 e. The van der Waals surface area contributed by atoms with E-state index in [9.17, 15) is 0 Å². The summed E-state index contributed by atoms with van der Waals surface area (Å²) in [6.45, 7) is 0. The Morgan fingerprint density at radius 3 is 2.22 bits per heavy atom. The monoisotopic (exact) mass is 334 g/mol. The molecule has 0 N–H and O–H groups in total. The molecular formula is C15H15ClN4O3. The fourth-order valence-electron chi connectivity index (χ4n) is 2.45. The van der Waals surface area contributed by atoms with Gasteiger partial charge in [0.1, 0.15) is 10.7 Å². The minimum absolute atomic E-state index is 0.172. The Morgan fingerprint density at radius 1 is 1.00 bits per heavy atom. The van der Waals surface area contributed by atoms with Gasteiger partial charge in [0.25, 0.3) is 0 Å². The smallest absolute Gasteiger partial charge is 0.322 e. The highest BCUT2D eigenvalue weighted by Gasteiger charge is 2.22. The van der Waals surface area contributed by atoms with Gasteiger partial charge in [-0.05, 0) is 12.1 Å². The maximum absolute atomic E-state index is 5.97. The first-order valence-electron chi connectivity index (χ1n) is 6.74. The van der Waals surface area contributed by atoms with E-state index >= 15 is 0 Å². The largest absolute Gasteiger partial charge is 0.480 e. The predicted octanol–water partition coefficient (Wildman–Crippen LogP) is 2.71. The highest BCUT2D eigenvalue weighted by molar-refractivity contribution is 6.30. The zero-order valence-electron chi connectivity index (χ0n) is 13.1. The van der Waals surface area contributed by atoms with Gasteiger partial charge in [0.15, 0.2) is 0 Å². The van der Waals surface area contributed by atoms with Gasteiger partial charge in [-0.15, -0.1) is 0 Å². The summed E-state index contributed by atoms with van der Waals surface area (Å²) in [5.74, 6) is 0.720. The van der Waals surface area contributed by atoms with Crippen molar-refractivity contribution in [2.24, 2.45) is 7.05 Å². The lowest BCUT2D eigenvalue weighted by molar-refractivity contribution is 0.331. The van der Waals surface area contributed by atoms with Crippen LogP contribution in [-0.2, 0) is 7.05 Å². The molecule has 0 radical (unpaired) electrons. The maximum Gasteiger partial charge on any atom is 0.322 e. The van der Waals surface area contributed by atoms with Crippen LogP contribution in [0.15, 0.2) is 18.3 Å². The van der Waals surface area contributed by atoms with Crippen molar-refractivity contribution in [2.45, 2.75) is 0 Å². The molecule has 0 amide bonds.